The number of rotatable bonds is 4. The Kier molecular flexibility index (Phi) is 4.71. The summed E-state index contributed by atoms with van der Waals surface area (Å²) >= 11 is 6.02. The smallest absolute Gasteiger partial charge is 0.243 e. The summed E-state index contributed by atoms with van der Waals surface area (Å²) in [5, 5.41) is 9.92. The zero-order valence-electron chi connectivity index (χ0n) is 11.3. The number of sulfonamides is 1. The van der Waals surface area contributed by atoms with Crippen LogP contribution in [0.5, 0.6) is 0 Å². The Morgan fingerprint density at radius 3 is 2.75 bits per heavy atom. The maximum Gasteiger partial charge on any atom is 0.243 e. The standard InChI is InChI=1S/C13H19ClN2O3S/c1-9(17)11-4-5-16(8-11)20(18,19)12-3-2-10(7-15)13(14)6-12/h2-3,6,9,11,17H,4-5,7-8,15H2,1H3. The van der Waals surface area contributed by atoms with E-state index in [4.69, 9.17) is 17.3 Å². The number of benzene rings is 1. The number of nitrogens with zero attached hydrogens (tertiary/aromatic N) is 1. The molecule has 0 amide bonds. The number of nitrogens with two attached hydrogens (primary N) is 1. The Labute approximate surface area is 124 Å². The lowest BCUT2D eigenvalue weighted by Gasteiger charge is -2.18. The number of aliphatic hydroxyl groups excluding tert-OH is 1. The maximum absolute atomic E-state index is 12.5. The normalized spacial score (nSPS) is 22.1. The summed E-state index contributed by atoms with van der Waals surface area (Å²) in [6, 6.07) is 4.60. The van der Waals surface area contributed by atoms with E-state index in [2.05, 4.69) is 0 Å². The SMILES string of the molecule is CC(O)C1CCN(S(=O)(=O)c2ccc(CN)c(Cl)c2)C1. The van der Waals surface area contributed by atoms with Crippen molar-refractivity contribution in [1.82, 2.24) is 4.31 Å². The Balaban J connectivity index is 2.25. The van der Waals surface area contributed by atoms with Crippen LogP contribution < -0.4 is 5.73 Å². The molecule has 0 aliphatic carbocycles. The van der Waals surface area contributed by atoms with Crippen LogP contribution in [0.25, 0.3) is 0 Å². The maximum atomic E-state index is 12.5. The van der Waals surface area contributed by atoms with Crippen molar-refractivity contribution >= 4 is 21.6 Å². The highest BCUT2D eigenvalue weighted by Crippen LogP contribution is 2.28. The van der Waals surface area contributed by atoms with E-state index in [0.717, 1.165) is 0 Å². The van der Waals surface area contributed by atoms with Gasteiger partial charge < -0.3 is 10.8 Å². The molecular weight excluding hydrogens is 300 g/mol. The second-order valence-electron chi connectivity index (χ2n) is 5.11. The number of halogens is 1. The molecule has 3 N–H and O–H groups in total. The highest BCUT2D eigenvalue weighted by Gasteiger charge is 2.34. The van der Waals surface area contributed by atoms with Crippen molar-refractivity contribution in [3.8, 4) is 0 Å². The van der Waals surface area contributed by atoms with Gasteiger partial charge in [0, 0.05) is 24.7 Å². The molecule has 2 unspecified atom stereocenters. The fourth-order valence-corrected chi connectivity index (χ4v) is 4.23. The van der Waals surface area contributed by atoms with Crippen LogP contribution >= 0.6 is 11.6 Å². The van der Waals surface area contributed by atoms with E-state index in [1.54, 1.807) is 13.0 Å². The number of hydrogen-bond donors (Lipinski definition) is 2. The van der Waals surface area contributed by atoms with Crippen LogP contribution in [-0.2, 0) is 16.6 Å². The van der Waals surface area contributed by atoms with Gasteiger partial charge in [-0.1, -0.05) is 17.7 Å². The molecule has 0 radical (unpaired) electrons. The predicted octanol–water partition coefficient (Wildman–Crippen LogP) is 1.19. The molecule has 1 saturated heterocycles. The molecule has 5 nitrogen and oxygen atoms in total. The van der Waals surface area contributed by atoms with Crippen molar-refractivity contribution in [3.05, 3.63) is 28.8 Å². The molecule has 1 aromatic carbocycles. The first-order valence-electron chi connectivity index (χ1n) is 6.53. The predicted molar refractivity (Wildman–Crippen MR) is 77.9 cm³/mol. The van der Waals surface area contributed by atoms with Crippen molar-refractivity contribution in [2.75, 3.05) is 13.1 Å². The third-order valence-corrected chi connectivity index (χ3v) is 5.96. The third kappa shape index (κ3) is 2.99. The van der Waals surface area contributed by atoms with Crippen LogP contribution in [0.3, 0.4) is 0 Å². The monoisotopic (exact) mass is 318 g/mol. The van der Waals surface area contributed by atoms with Gasteiger partial charge in [0.15, 0.2) is 0 Å². The summed E-state index contributed by atoms with van der Waals surface area (Å²) in [7, 11) is -3.56. The second-order valence-corrected chi connectivity index (χ2v) is 7.45. The zero-order chi connectivity index (χ0) is 14.9. The molecular formula is C13H19ClN2O3S. The minimum Gasteiger partial charge on any atom is -0.393 e. The van der Waals surface area contributed by atoms with Gasteiger partial charge in [-0.15, -0.1) is 0 Å². The molecule has 1 aliphatic rings. The van der Waals surface area contributed by atoms with Crippen molar-refractivity contribution < 1.29 is 13.5 Å². The van der Waals surface area contributed by atoms with Gasteiger partial charge in [0.1, 0.15) is 0 Å². The quantitative estimate of drug-likeness (QED) is 0.873. The largest absolute Gasteiger partial charge is 0.393 e. The van der Waals surface area contributed by atoms with Crippen molar-refractivity contribution in [3.63, 3.8) is 0 Å². The van der Waals surface area contributed by atoms with Gasteiger partial charge in [0.25, 0.3) is 0 Å². The molecule has 1 fully saturated rings. The summed E-state index contributed by atoms with van der Waals surface area (Å²) in [4.78, 5) is 0.172. The number of aliphatic hydroxyl groups is 1. The molecule has 7 heteroatoms. The van der Waals surface area contributed by atoms with E-state index in [1.165, 1.54) is 16.4 Å². The minimum absolute atomic E-state index is 0.0106. The average Bonchev–Trinajstić information content (AvgIpc) is 2.89. The molecule has 0 bridgehead atoms. The molecule has 0 spiro atoms. The van der Waals surface area contributed by atoms with E-state index < -0.39 is 16.1 Å². The van der Waals surface area contributed by atoms with Crippen LogP contribution in [0.2, 0.25) is 5.02 Å². The second kappa shape index (κ2) is 5.99. The summed E-state index contributed by atoms with van der Waals surface area (Å²) in [5.74, 6) is -0.0106. The molecule has 20 heavy (non-hydrogen) atoms. The molecule has 112 valence electrons. The van der Waals surface area contributed by atoms with Gasteiger partial charge in [0.05, 0.1) is 11.0 Å². The molecule has 0 saturated carbocycles. The minimum atomic E-state index is -3.56. The molecule has 0 aromatic heterocycles. The van der Waals surface area contributed by atoms with E-state index in [-0.39, 0.29) is 17.4 Å². The Morgan fingerprint density at radius 2 is 2.25 bits per heavy atom. The lowest BCUT2D eigenvalue weighted by atomic mass is 10.0. The van der Waals surface area contributed by atoms with Crippen LogP contribution in [-0.4, -0.2) is 37.0 Å². The third-order valence-electron chi connectivity index (χ3n) is 3.75. The van der Waals surface area contributed by atoms with E-state index >= 15 is 0 Å². The highest BCUT2D eigenvalue weighted by atomic mass is 35.5. The lowest BCUT2D eigenvalue weighted by molar-refractivity contribution is 0.133. The zero-order valence-corrected chi connectivity index (χ0v) is 12.9. The summed E-state index contributed by atoms with van der Waals surface area (Å²) in [5.41, 5.74) is 6.23. The van der Waals surface area contributed by atoms with Crippen LogP contribution in [0.15, 0.2) is 23.1 Å². The Morgan fingerprint density at radius 1 is 1.55 bits per heavy atom. The Bertz CT molecular complexity index is 589. The summed E-state index contributed by atoms with van der Waals surface area (Å²) < 4.78 is 26.4. The van der Waals surface area contributed by atoms with Gasteiger partial charge in [-0.3, -0.25) is 0 Å². The summed E-state index contributed by atoms with van der Waals surface area (Å²) in [6.07, 6.45) is 0.171. The van der Waals surface area contributed by atoms with Crippen LogP contribution in [0, 0.1) is 5.92 Å². The first kappa shape index (κ1) is 15.7. The fraction of sp³-hybridized carbons (Fsp3) is 0.538. The average molecular weight is 319 g/mol. The van der Waals surface area contributed by atoms with Crippen LogP contribution in [0.4, 0.5) is 0 Å². The first-order chi connectivity index (χ1) is 9.36. The van der Waals surface area contributed by atoms with Crippen LogP contribution in [0.1, 0.15) is 18.9 Å². The van der Waals surface area contributed by atoms with E-state index in [0.29, 0.717) is 30.1 Å². The van der Waals surface area contributed by atoms with Crippen molar-refractivity contribution in [2.45, 2.75) is 30.9 Å². The number of hydrogen-bond acceptors (Lipinski definition) is 4. The molecule has 1 aromatic rings. The first-order valence-corrected chi connectivity index (χ1v) is 8.34. The molecule has 1 aliphatic heterocycles. The molecule has 2 rings (SSSR count). The van der Waals surface area contributed by atoms with Crippen molar-refractivity contribution in [1.29, 1.82) is 0 Å². The van der Waals surface area contributed by atoms with Gasteiger partial charge >= 0.3 is 0 Å². The van der Waals surface area contributed by atoms with Gasteiger partial charge in [-0.2, -0.15) is 4.31 Å². The Hall–Kier alpha value is -0.660. The lowest BCUT2D eigenvalue weighted by Crippen LogP contribution is -2.30. The van der Waals surface area contributed by atoms with E-state index in [9.17, 15) is 13.5 Å². The van der Waals surface area contributed by atoms with Crippen molar-refractivity contribution in [2.24, 2.45) is 11.7 Å². The highest BCUT2D eigenvalue weighted by molar-refractivity contribution is 7.89. The van der Waals surface area contributed by atoms with Gasteiger partial charge in [0.2, 0.25) is 10.0 Å². The molecule has 1 heterocycles. The fourth-order valence-electron chi connectivity index (χ4n) is 2.37. The summed E-state index contributed by atoms with van der Waals surface area (Å²) in [6.45, 7) is 2.73. The topological polar surface area (TPSA) is 83.6 Å². The van der Waals surface area contributed by atoms with Gasteiger partial charge in [-0.05, 0) is 37.0 Å². The van der Waals surface area contributed by atoms with Gasteiger partial charge in [-0.25, -0.2) is 8.42 Å². The van der Waals surface area contributed by atoms with E-state index in [1.807, 2.05) is 0 Å². The molecule has 2 atom stereocenters.